The Hall–Kier alpha value is -1.03. The lowest BCUT2D eigenvalue weighted by Gasteiger charge is -2.31. The fourth-order valence-corrected chi connectivity index (χ4v) is 1.98. The smallest absolute Gasteiger partial charge is 0.408 e. The molecule has 100 valence electrons. The van der Waals surface area contributed by atoms with E-state index in [1.165, 1.54) is 0 Å². The van der Waals surface area contributed by atoms with Crippen LogP contribution in [0.4, 0.5) is 4.79 Å². The Morgan fingerprint density at radius 3 is 2.22 bits per heavy atom. The van der Waals surface area contributed by atoms with Crippen LogP contribution >= 0.6 is 15.9 Å². The highest BCUT2D eigenvalue weighted by atomic mass is 79.9. The van der Waals surface area contributed by atoms with Crippen molar-refractivity contribution in [3.63, 3.8) is 0 Å². The summed E-state index contributed by atoms with van der Waals surface area (Å²) in [5.41, 5.74) is 0.0603. The number of halogens is 1. The van der Waals surface area contributed by atoms with E-state index < -0.39 is 17.2 Å². The topological polar surface area (TPSA) is 38.3 Å². The van der Waals surface area contributed by atoms with E-state index in [4.69, 9.17) is 4.74 Å². The highest BCUT2D eigenvalue weighted by Crippen LogP contribution is 2.23. The number of hydrogen-bond donors (Lipinski definition) is 1. The SMILES string of the molecule is CC(C)(C)OC(=O)NC(C)(CBr)c1ccccc1. The summed E-state index contributed by atoms with van der Waals surface area (Å²) in [5.74, 6) is 0. The lowest BCUT2D eigenvalue weighted by atomic mass is 9.94. The average molecular weight is 314 g/mol. The number of nitrogens with one attached hydrogen (secondary N) is 1. The lowest BCUT2D eigenvalue weighted by molar-refractivity contribution is 0.0473. The molecule has 0 saturated heterocycles. The molecule has 1 unspecified atom stereocenters. The first kappa shape index (κ1) is 15.0. The zero-order valence-corrected chi connectivity index (χ0v) is 12.9. The molecular formula is C14H20BrNO2. The molecule has 1 N–H and O–H groups in total. The predicted molar refractivity (Wildman–Crippen MR) is 77.0 cm³/mol. The summed E-state index contributed by atoms with van der Waals surface area (Å²) in [5, 5.41) is 3.52. The van der Waals surface area contributed by atoms with Gasteiger partial charge in [-0.1, -0.05) is 46.3 Å². The van der Waals surface area contributed by atoms with Crippen molar-refractivity contribution in [1.82, 2.24) is 5.32 Å². The van der Waals surface area contributed by atoms with Gasteiger partial charge in [0.25, 0.3) is 0 Å². The van der Waals surface area contributed by atoms with E-state index in [2.05, 4.69) is 21.2 Å². The first-order chi connectivity index (χ1) is 8.27. The molecule has 1 rings (SSSR count). The van der Waals surface area contributed by atoms with Gasteiger partial charge in [-0.15, -0.1) is 0 Å². The van der Waals surface area contributed by atoms with Crippen molar-refractivity contribution in [3.8, 4) is 0 Å². The fourth-order valence-electron chi connectivity index (χ4n) is 1.52. The molecule has 1 aromatic carbocycles. The molecule has 0 fully saturated rings. The van der Waals surface area contributed by atoms with Gasteiger partial charge in [0, 0.05) is 5.33 Å². The highest BCUT2D eigenvalue weighted by Gasteiger charge is 2.29. The molecule has 0 aliphatic carbocycles. The minimum atomic E-state index is -0.492. The Morgan fingerprint density at radius 1 is 1.22 bits per heavy atom. The summed E-state index contributed by atoms with van der Waals surface area (Å²) in [4.78, 5) is 11.9. The third kappa shape index (κ3) is 4.33. The van der Waals surface area contributed by atoms with Gasteiger partial charge in [0.1, 0.15) is 5.60 Å². The van der Waals surface area contributed by atoms with Crippen LogP contribution in [-0.4, -0.2) is 17.0 Å². The van der Waals surface area contributed by atoms with Crippen LogP contribution in [-0.2, 0) is 10.3 Å². The molecule has 0 heterocycles. The van der Waals surface area contributed by atoms with Crippen LogP contribution < -0.4 is 5.32 Å². The summed E-state index contributed by atoms with van der Waals surface area (Å²) in [6.45, 7) is 7.50. The second-order valence-corrected chi connectivity index (χ2v) is 6.02. The maximum atomic E-state index is 11.9. The number of alkyl carbamates (subject to hydrolysis) is 1. The van der Waals surface area contributed by atoms with Gasteiger partial charge in [-0.25, -0.2) is 4.79 Å². The van der Waals surface area contributed by atoms with Gasteiger partial charge in [-0.2, -0.15) is 0 Å². The summed E-state index contributed by atoms with van der Waals surface area (Å²) >= 11 is 3.45. The zero-order chi connectivity index (χ0) is 13.8. The Kier molecular flexibility index (Phi) is 4.79. The normalized spacial score (nSPS) is 14.7. The Labute approximate surface area is 117 Å². The zero-order valence-electron chi connectivity index (χ0n) is 11.3. The van der Waals surface area contributed by atoms with Crippen LogP contribution in [0.1, 0.15) is 33.3 Å². The molecule has 0 saturated carbocycles. The van der Waals surface area contributed by atoms with E-state index >= 15 is 0 Å². The van der Waals surface area contributed by atoms with Crippen molar-refractivity contribution in [2.24, 2.45) is 0 Å². The first-order valence-corrected chi connectivity index (χ1v) is 7.02. The van der Waals surface area contributed by atoms with E-state index in [0.29, 0.717) is 5.33 Å². The summed E-state index contributed by atoms with van der Waals surface area (Å²) in [6, 6.07) is 9.82. The molecular weight excluding hydrogens is 294 g/mol. The molecule has 3 nitrogen and oxygen atoms in total. The van der Waals surface area contributed by atoms with Crippen LogP contribution in [0.15, 0.2) is 30.3 Å². The first-order valence-electron chi connectivity index (χ1n) is 5.89. The molecule has 0 aromatic heterocycles. The molecule has 0 radical (unpaired) electrons. The van der Waals surface area contributed by atoms with E-state index in [0.717, 1.165) is 5.56 Å². The number of rotatable bonds is 3. The van der Waals surface area contributed by atoms with Crippen molar-refractivity contribution in [3.05, 3.63) is 35.9 Å². The van der Waals surface area contributed by atoms with Crippen LogP contribution in [0.3, 0.4) is 0 Å². The van der Waals surface area contributed by atoms with Crippen molar-refractivity contribution >= 4 is 22.0 Å². The van der Waals surface area contributed by atoms with E-state index in [9.17, 15) is 4.79 Å². The number of carbonyl (C=O) groups is 1. The number of hydrogen-bond acceptors (Lipinski definition) is 2. The van der Waals surface area contributed by atoms with Gasteiger partial charge >= 0.3 is 6.09 Å². The van der Waals surface area contributed by atoms with Gasteiger partial charge < -0.3 is 10.1 Å². The number of benzene rings is 1. The highest BCUT2D eigenvalue weighted by molar-refractivity contribution is 9.09. The van der Waals surface area contributed by atoms with Crippen molar-refractivity contribution in [2.75, 3.05) is 5.33 Å². The van der Waals surface area contributed by atoms with Crippen LogP contribution in [0.2, 0.25) is 0 Å². The largest absolute Gasteiger partial charge is 0.444 e. The van der Waals surface area contributed by atoms with Gasteiger partial charge in [-0.05, 0) is 33.3 Å². The monoisotopic (exact) mass is 313 g/mol. The van der Waals surface area contributed by atoms with Crippen LogP contribution in [0, 0.1) is 0 Å². The summed E-state index contributed by atoms with van der Waals surface area (Å²) in [6.07, 6.45) is -0.409. The molecule has 0 aliphatic heterocycles. The Bertz CT molecular complexity index is 400. The molecule has 0 aliphatic rings. The third-order valence-electron chi connectivity index (χ3n) is 2.46. The predicted octanol–water partition coefficient (Wildman–Crippen LogP) is 3.82. The second kappa shape index (κ2) is 5.74. The fraction of sp³-hybridized carbons (Fsp3) is 0.500. The van der Waals surface area contributed by atoms with Crippen molar-refractivity contribution < 1.29 is 9.53 Å². The maximum absolute atomic E-state index is 11.9. The molecule has 0 spiro atoms. The van der Waals surface area contributed by atoms with Crippen LogP contribution in [0.25, 0.3) is 0 Å². The molecule has 1 aromatic rings. The molecule has 1 amide bonds. The average Bonchev–Trinajstić information content (AvgIpc) is 2.27. The van der Waals surface area contributed by atoms with E-state index in [1.54, 1.807) is 0 Å². The van der Waals surface area contributed by atoms with Gasteiger partial charge in [0.15, 0.2) is 0 Å². The molecule has 1 atom stereocenters. The van der Waals surface area contributed by atoms with E-state index in [-0.39, 0.29) is 0 Å². The van der Waals surface area contributed by atoms with Gasteiger partial charge in [0.05, 0.1) is 5.54 Å². The number of ether oxygens (including phenoxy) is 1. The quantitative estimate of drug-likeness (QED) is 0.861. The third-order valence-corrected chi connectivity index (χ3v) is 3.58. The summed E-state index contributed by atoms with van der Waals surface area (Å²) in [7, 11) is 0. The van der Waals surface area contributed by atoms with E-state index in [1.807, 2.05) is 58.0 Å². The van der Waals surface area contributed by atoms with Gasteiger partial charge in [-0.3, -0.25) is 0 Å². The number of alkyl halides is 1. The Balaban J connectivity index is 2.81. The van der Waals surface area contributed by atoms with Gasteiger partial charge in [0.2, 0.25) is 0 Å². The Morgan fingerprint density at radius 2 is 1.78 bits per heavy atom. The second-order valence-electron chi connectivity index (χ2n) is 5.46. The minimum absolute atomic E-state index is 0.409. The van der Waals surface area contributed by atoms with Crippen molar-refractivity contribution in [1.29, 1.82) is 0 Å². The summed E-state index contributed by atoms with van der Waals surface area (Å²) < 4.78 is 5.29. The molecule has 0 bridgehead atoms. The minimum Gasteiger partial charge on any atom is -0.444 e. The number of amides is 1. The maximum Gasteiger partial charge on any atom is 0.408 e. The molecule has 4 heteroatoms. The standard InChI is InChI=1S/C14H20BrNO2/c1-13(2,3)18-12(17)16-14(4,10-15)11-8-6-5-7-9-11/h5-9H,10H2,1-4H3,(H,16,17). The van der Waals surface area contributed by atoms with Crippen molar-refractivity contribution in [2.45, 2.75) is 38.8 Å². The van der Waals surface area contributed by atoms with Crippen LogP contribution in [0.5, 0.6) is 0 Å². The molecule has 18 heavy (non-hydrogen) atoms. The lowest BCUT2D eigenvalue weighted by Crippen LogP contribution is -2.47. The number of carbonyl (C=O) groups excluding carboxylic acids is 1.